The van der Waals surface area contributed by atoms with Crippen LogP contribution in [0, 0.1) is 0 Å². The van der Waals surface area contributed by atoms with Gasteiger partial charge in [0.05, 0.1) is 7.11 Å². The molecule has 0 heterocycles. The number of unbranched alkanes of at least 4 members (excludes halogenated alkanes) is 9. The van der Waals surface area contributed by atoms with E-state index in [-0.39, 0.29) is 5.78 Å². The zero-order chi connectivity index (χ0) is 15.1. The van der Waals surface area contributed by atoms with Gasteiger partial charge in [0.1, 0.15) is 0 Å². The van der Waals surface area contributed by atoms with Crippen LogP contribution in [0.1, 0.15) is 77.6 Å². The molecule has 0 atom stereocenters. The monoisotopic (exact) mass is 282 g/mol. The molecule has 0 rings (SSSR count). The van der Waals surface area contributed by atoms with E-state index < -0.39 is 5.97 Å². The zero-order valence-corrected chi connectivity index (χ0v) is 13.2. The smallest absolute Gasteiger partial charge is 0.330 e. The Labute approximate surface area is 123 Å². The van der Waals surface area contributed by atoms with E-state index in [1.807, 2.05) is 0 Å². The second kappa shape index (κ2) is 14.3. The molecule has 0 aromatic carbocycles. The summed E-state index contributed by atoms with van der Waals surface area (Å²) in [5.41, 5.74) is 0. The lowest BCUT2D eigenvalue weighted by Gasteiger charge is -2.01. The molecule has 0 aromatic rings. The van der Waals surface area contributed by atoms with E-state index in [1.54, 1.807) is 0 Å². The normalized spacial score (nSPS) is 10.9. The molecule has 0 spiro atoms. The van der Waals surface area contributed by atoms with Crippen molar-refractivity contribution in [2.75, 3.05) is 7.11 Å². The number of carbonyl (C=O) groups is 2. The van der Waals surface area contributed by atoms with Gasteiger partial charge in [0.15, 0.2) is 5.78 Å². The van der Waals surface area contributed by atoms with Gasteiger partial charge in [-0.1, -0.05) is 64.7 Å². The van der Waals surface area contributed by atoms with E-state index in [1.165, 1.54) is 70.6 Å². The summed E-state index contributed by atoms with van der Waals surface area (Å²) in [5.74, 6) is -0.462. The summed E-state index contributed by atoms with van der Waals surface area (Å²) >= 11 is 0. The van der Waals surface area contributed by atoms with Gasteiger partial charge in [-0.05, 0) is 12.5 Å². The number of allylic oxidation sites excluding steroid dienone is 1. The van der Waals surface area contributed by atoms with Crippen LogP contribution in [0.5, 0.6) is 0 Å². The van der Waals surface area contributed by atoms with Gasteiger partial charge in [0, 0.05) is 12.5 Å². The van der Waals surface area contributed by atoms with Crippen LogP contribution >= 0.6 is 0 Å². The first kappa shape index (κ1) is 18.9. The van der Waals surface area contributed by atoms with E-state index in [0.29, 0.717) is 6.42 Å². The Balaban J connectivity index is 3.29. The fourth-order valence-electron chi connectivity index (χ4n) is 2.10. The Morgan fingerprint density at radius 1 is 0.800 bits per heavy atom. The number of carbonyl (C=O) groups excluding carboxylic acids is 2. The first-order valence-corrected chi connectivity index (χ1v) is 7.99. The van der Waals surface area contributed by atoms with Crippen molar-refractivity contribution in [3.8, 4) is 0 Å². The maximum absolute atomic E-state index is 11.4. The number of ether oxygens (including phenoxy) is 1. The fraction of sp³-hybridized carbons (Fsp3) is 0.765. The van der Waals surface area contributed by atoms with Crippen molar-refractivity contribution in [1.82, 2.24) is 0 Å². The summed E-state index contributed by atoms with van der Waals surface area (Å²) in [6.45, 7) is 2.24. The van der Waals surface area contributed by atoms with Gasteiger partial charge in [-0.15, -0.1) is 0 Å². The highest BCUT2D eigenvalue weighted by Crippen LogP contribution is 2.11. The highest BCUT2D eigenvalue weighted by atomic mass is 16.5. The standard InChI is InChI=1S/C17H30O3/c1-3-4-5-6-7-8-9-10-11-12-13-16(18)14-15-17(19)20-2/h14-15H,3-13H2,1-2H3. The Bertz CT molecular complexity index is 282. The van der Waals surface area contributed by atoms with Gasteiger partial charge in [0.2, 0.25) is 0 Å². The summed E-state index contributed by atoms with van der Waals surface area (Å²) < 4.78 is 4.43. The molecule has 0 N–H and O–H groups in total. The maximum atomic E-state index is 11.4. The van der Waals surface area contributed by atoms with Crippen molar-refractivity contribution < 1.29 is 14.3 Å². The van der Waals surface area contributed by atoms with Gasteiger partial charge >= 0.3 is 5.97 Å². The highest BCUT2D eigenvalue weighted by molar-refractivity contribution is 5.95. The second-order valence-electron chi connectivity index (χ2n) is 5.25. The van der Waals surface area contributed by atoms with Gasteiger partial charge in [-0.3, -0.25) is 4.79 Å². The minimum Gasteiger partial charge on any atom is -0.466 e. The maximum Gasteiger partial charge on any atom is 0.330 e. The van der Waals surface area contributed by atoms with Crippen LogP contribution in [-0.4, -0.2) is 18.9 Å². The van der Waals surface area contributed by atoms with Crippen LogP contribution in [0.3, 0.4) is 0 Å². The molecule has 0 bridgehead atoms. The molecule has 0 saturated heterocycles. The summed E-state index contributed by atoms with van der Waals surface area (Å²) in [6, 6.07) is 0. The quantitative estimate of drug-likeness (QED) is 0.282. The van der Waals surface area contributed by atoms with Crippen LogP contribution in [-0.2, 0) is 14.3 Å². The molecule has 0 fully saturated rings. The first-order chi connectivity index (χ1) is 9.70. The lowest BCUT2D eigenvalue weighted by atomic mass is 10.0. The summed E-state index contributed by atoms with van der Waals surface area (Å²) in [4.78, 5) is 22.2. The number of ketones is 1. The number of methoxy groups -OCH3 is 1. The molecule has 0 aromatic heterocycles. The third-order valence-corrected chi connectivity index (χ3v) is 3.38. The molecule has 20 heavy (non-hydrogen) atoms. The van der Waals surface area contributed by atoms with Crippen molar-refractivity contribution in [3.05, 3.63) is 12.2 Å². The Hall–Kier alpha value is -1.12. The molecule has 0 aliphatic heterocycles. The van der Waals surface area contributed by atoms with Gasteiger partial charge in [-0.2, -0.15) is 0 Å². The van der Waals surface area contributed by atoms with Crippen LogP contribution in [0.25, 0.3) is 0 Å². The van der Waals surface area contributed by atoms with Crippen molar-refractivity contribution in [2.45, 2.75) is 77.6 Å². The first-order valence-electron chi connectivity index (χ1n) is 7.99. The summed E-state index contributed by atoms with van der Waals surface area (Å²) in [7, 11) is 1.30. The van der Waals surface area contributed by atoms with E-state index in [0.717, 1.165) is 12.8 Å². The third-order valence-electron chi connectivity index (χ3n) is 3.38. The topological polar surface area (TPSA) is 43.4 Å². The van der Waals surface area contributed by atoms with Crippen LogP contribution in [0.2, 0.25) is 0 Å². The van der Waals surface area contributed by atoms with E-state index in [2.05, 4.69) is 11.7 Å². The lowest BCUT2D eigenvalue weighted by Crippen LogP contribution is -1.98. The number of rotatable bonds is 13. The fourth-order valence-corrected chi connectivity index (χ4v) is 2.10. The van der Waals surface area contributed by atoms with Crippen LogP contribution < -0.4 is 0 Å². The molecule has 0 aliphatic carbocycles. The number of hydrogen-bond donors (Lipinski definition) is 0. The average molecular weight is 282 g/mol. The molecule has 3 nitrogen and oxygen atoms in total. The summed E-state index contributed by atoms with van der Waals surface area (Å²) in [6.07, 6.45) is 15.6. The van der Waals surface area contributed by atoms with Gasteiger partial charge < -0.3 is 4.74 Å². The lowest BCUT2D eigenvalue weighted by molar-refractivity contribution is -0.135. The van der Waals surface area contributed by atoms with Crippen molar-refractivity contribution >= 4 is 11.8 Å². The van der Waals surface area contributed by atoms with Gasteiger partial charge in [-0.25, -0.2) is 4.79 Å². The van der Waals surface area contributed by atoms with E-state index >= 15 is 0 Å². The molecule has 3 heteroatoms. The SMILES string of the molecule is CCCCCCCCCCCCC(=O)C=CC(=O)OC. The van der Waals surface area contributed by atoms with Gasteiger partial charge in [0.25, 0.3) is 0 Å². The highest BCUT2D eigenvalue weighted by Gasteiger charge is 1.99. The average Bonchev–Trinajstić information content (AvgIpc) is 2.46. The van der Waals surface area contributed by atoms with Crippen molar-refractivity contribution in [1.29, 1.82) is 0 Å². The second-order valence-corrected chi connectivity index (χ2v) is 5.25. The molecule has 0 unspecified atom stereocenters. The molecule has 0 amide bonds. The Morgan fingerprint density at radius 2 is 1.30 bits per heavy atom. The zero-order valence-electron chi connectivity index (χ0n) is 13.2. The van der Waals surface area contributed by atoms with Crippen molar-refractivity contribution in [2.24, 2.45) is 0 Å². The Morgan fingerprint density at radius 3 is 1.80 bits per heavy atom. The van der Waals surface area contributed by atoms with Crippen molar-refractivity contribution in [3.63, 3.8) is 0 Å². The molecular weight excluding hydrogens is 252 g/mol. The summed E-state index contributed by atoms with van der Waals surface area (Å²) in [5, 5.41) is 0. The molecule has 0 aliphatic rings. The molecule has 116 valence electrons. The van der Waals surface area contributed by atoms with Crippen LogP contribution in [0.4, 0.5) is 0 Å². The third kappa shape index (κ3) is 13.3. The largest absolute Gasteiger partial charge is 0.466 e. The molecule has 0 saturated carbocycles. The van der Waals surface area contributed by atoms with E-state index in [9.17, 15) is 9.59 Å². The number of esters is 1. The van der Waals surface area contributed by atoms with Crippen LogP contribution in [0.15, 0.2) is 12.2 Å². The Kier molecular flexibility index (Phi) is 13.5. The number of hydrogen-bond acceptors (Lipinski definition) is 3. The minimum absolute atomic E-state index is 0.00923. The van der Waals surface area contributed by atoms with E-state index in [4.69, 9.17) is 0 Å². The minimum atomic E-state index is -0.471. The molecular formula is C17H30O3. The predicted molar refractivity (Wildman–Crippen MR) is 82.6 cm³/mol. The predicted octanol–water partition coefficient (Wildman–Crippen LogP) is 4.60. The molecule has 0 radical (unpaired) electrons.